The molecule has 1 heterocycles. The molecule has 0 aliphatic rings. The Labute approximate surface area is 73.7 Å². The number of rotatable bonds is 3. The van der Waals surface area contributed by atoms with E-state index in [0.29, 0.717) is 0 Å². The largest absolute Gasteiger partial charge is 0.459 e. The number of carbonyl (C=O) groups is 1. The molecule has 0 fully saturated rings. The summed E-state index contributed by atoms with van der Waals surface area (Å²) in [6.07, 6.45) is 0. The molecule has 0 unspecified atom stereocenters. The van der Waals surface area contributed by atoms with Crippen LogP contribution in [0.1, 0.15) is 23.5 Å². The lowest BCUT2D eigenvalue weighted by atomic mass is 10.7. The van der Waals surface area contributed by atoms with Gasteiger partial charge in [-0.2, -0.15) is 0 Å². The van der Waals surface area contributed by atoms with E-state index in [1.807, 2.05) is 0 Å². The zero-order chi connectivity index (χ0) is 8.97. The highest BCUT2D eigenvalue weighted by Crippen LogP contribution is 2.03. The quantitative estimate of drug-likeness (QED) is 0.525. The highest BCUT2D eigenvalue weighted by molar-refractivity contribution is 6.16. The second-order valence-corrected chi connectivity index (χ2v) is 2.12. The Morgan fingerprint density at radius 2 is 2.42 bits per heavy atom. The summed E-state index contributed by atoms with van der Waals surface area (Å²) in [6, 6.07) is 0. The van der Waals surface area contributed by atoms with E-state index >= 15 is 0 Å². The van der Waals surface area contributed by atoms with Crippen LogP contribution in [0, 0.1) is 0 Å². The van der Waals surface area contributed by atoms with Crippen molar-refractivity contribution in [2.45, 2.75) is 12.8 Å². The molecule has 0 atom stereocenters. The van der Waals surface area contributed by atoms with E-state index in [1.165, 1.54) is 0 Å². The standard InChI is InChI=1S/C6H7ClN2O3/c1-2-11-6(10)5-9-8-4(3-7)12-5/h2-3H2,1H3. The highest BCUT2D eigenvalue weighted by Gasteiger charge is 2.14. The molecular weight excluding hydrogens is 184 g/mol. The van der Waals surface area contributed by atoms with E-state index in [4.69, 9.17) is 16.0 Å². The number of carbonyl (C=O) groups excluding carboxylic acids is 1. The van der Waals surface area contributed by atoms with Crippen LogP contribution < -0.4 is 0 Å². The van der Waals surface area contributed by atoms with Gasteiger partial charge in [0, 0.05) is 0 Å². The van der Waals surface area contributed by atoms with Crippen LogP contribution >= 0.6 is 11.6 Å². The summed E-state index contributed by atoms with van der Waals surface area (Å²) >= 11 is 5.37. The van der Waals surface area contributed by atoms with Gasteiger partial charge in [0.15, 0.2) is 0 Å². The van der Waals surface area contributed by atoms with Crippen molar-refractivity contribution in [2.24, 2.45) is 0 Å². The molecule has 6 heteroatoms. The first-order valence-corrected chi connectivity index (χ1v) is 3.86. The zero-order valence-electron chi connectivity index (χ0n) is 6.41. The van der Waals surface area contributed by atoms with E-state index in [-0.39, 0.29) is 24.3 Å². The van der Waals surface area contributed by atoms with Crippen molar-refractivity contribution < 1.29 is 13.9 Å². The van der Waals surface area contributed by atoms with Crippen LogP contribution in [-0.2, 0) is 10.6 Å². The third kappa shape index (κ3) is 1.94. The van der Waals surface area contributed by atoms with Crippen molar-refractivity contribution in [1.82, 2.24) is 10.2 Å². The number of hydrogen-bond acceptors (Lipinski definition) is 5. The molecule has 0 aromatic carbocycles. The molecule has 1 aromatic heterocycles. The molecule has 0 bridgehead atoms. The zero-order valence-corrected chi connectivity index (χ0v) is 7.17. The van der Waals surface area contributed by atoms with Gasteiger partial charge in [-0.3, -0.25) is 0 Å². The highest BCUT2D eigenvalue weighted by atomic mass is 35.5. The van der Waals surface area contributed by atoms with Crippen LogP contribution in [-0.4, -0.2) is 22.8 Å². The average molecular weight is 191 g/mol. The maximum Gasteiger partial charge on any atom is 0.396 e. The Balaban J connectivity index is 2.68. The van der Waals surface area contributed by atoms with Gasteiger partial charge in [0.05, 0.1) is 6.61 Å². The molecule has 12 heavy (non-hydrogen) atoms. The normalized spacial score (nSPS) is 9.83. The first-order valence-electron chi connectivity index (χ1n) is 3.33. The summed E-state index contributed by atoms with van der Waals surface area (Å²) < 4.78 is 9.43. The van der Waals surface area contributed by atoms with Gasteiger partial charge >= 0.3 is 11.9 Å². The molecule has 0 aliphatic carbocycles. The summed E-state index contributed by atoms with van der Waals surface area (Å²) in [4.78, 5) is 10.9. The predicted molar refractivity (Wildman–Crippen MR) is 39.8 cm³/mol. The molecule has 0 N–H and O–H groups in total. The van der Waals surface area contributed by atoms with Gasteiger partial charge in [-0.15, -0.1) is 21.8 Å². The minimum Gasteiger partial charge on any atom is -0.459 e. The summed E-state index contributed by atoms with van der Waals surface area (Å²) in [5.41, 5.74) is 0. The molecule has 1 rings (SSSR count). The molecule has 0 spiro atoms. The van der Waals surface area contributed by atoms with Crippen LogP contribution in [0.3, 0.4) is 0 Å². The van der Waals surface area contributed by atoms with Gasteiger partial charge < -0.3 is 9.15 Å². The van der Waals surface area contributed by atoms with Crippen LogP contribution in [0.25, 0.3) is 0 Å². The molecular formula is C6H7ClN2O3. The number of hydrogen-bond donors (Lipinski definition) is 0. The second-order valence-electron chi connectivity index (χ2n) is 1.86. The third-order valence-corrected chi connectivity index (χ3v) is 1.26. The summed E-state index contributed by atoms with van der Waals surface area (Å²) in [5, 5.41) is 6.92. The maximum atomic E-state index is 10.9. The molecule has 0 saturated carbocycles. The lowest BCUT2D eigenvalue weighted by molar-refractivity contribution is 0.0479. The molecule has 5 nitrogen and oxygen atoms in total. The van der Waals surface area contributed by atoms with Gasteiger partial charge in [0.2, 0.25) is 5.89 Å². The monoisotopic (exact) mass is 190 g/mol. The molecule has 0 radical (unpaired) electrons. The Kier molecular flexibility index (Phi) is 3.04. The van der Waals surface area contributed by atoms with Gasteiger partial charge in [-0.1, -0.05) is 0 Å². The predicted octanol–water partition coefficient (Wildman–Crippen LogP) is 0.985. The molecule has 0 saturated heterocycles. The van der Waals surface area contributed by atoms with Crippen LogP contribution in [0.4, 0.5) is 0 Å². The number of alkyl halides is 1. The number of ether oxygens (including phenoxy) is 1. The Morgan fingerprint density at radius 1 is 1.67 bits per heavy atom. The minimum absolute atomic E-state index is 0.0897. The fourth-order valence-corrected chi connectivity index (χ4v) is 0.691. The van der Waals surface area contributed by atoms with Crippen molar-refractivity contribution in [3.63, 3.8) is 0 Å². The van der Waals surface area contributed by atoms with Crippen molar-refractivity contribution >= 4 is 17.6 Å². The Hall–Kier alpha value is -1.10. The first kappa shape index (κ1) is 8.99. The second kappa shape index (κ2) is 4.06. The lowest BCUT2D eigenvalue weighted by Gasteiger charge is -1.93. The lowest BCUT2D eigenvalue weighted by Crippen LogP contribution is -2.04. The van der Waals surface area contributed by atoms with Gasteiger partial charge in [-0.25, -0.2) is 4.79 Å². The van der Waals surface area contributed by atoms with Gasteiger partial charge in [0.25, 0.3) is 0 Å². The molecule has 1 aromatic rings. The number of aromatic nitrogens is 2. The number of halogens is 1. The topological polar surface area (TPSA) is 65.2 Å². The molecule has 66 valence electrons. The SMILES string of the molecule is CCOC(=O)c1nnc(CCl)o1. The first-order chi connectivity index (χ1) is 5.77. The van der Waals surface area contributed by atoms with Gasteiger partial charge in [0.1, 0.15) is 5.88 Å². The van der Waals surface area contributed by atoms with Crippen molar-refractivity contribution in [2.75, 3.05) is 6.61 Å². The molecule has 0 aliphatic heterocycles. The van der Waals surface area contributed by atoms with Crippen molar-refractivity contribution in [3.05, 3.63) is 11.8 Å². The summed E-state index contributed by atoms with van der Waals surface area (Å²) in [7, 11) is 0. The number of esters is 1. The van der Waals surface area contributed by atoms with E-state index in [0.717, 1.165) is 0 Å². The third-order valence-electron chi connectivity index (χ3n) is 1.03. The van der Waals surface area contributed by atoms with E-state index in [9.17, 15) is 4.79 Å². The number of nitrogens with zero attached hydrogens (tertiary/aromatic N) is 2. The fraction of sp³-hybridized carbons (Fsp3) is 0.500. The van der Waals surface area contributed by atoms with Crippen LogP contribution in [0.15, 0.2) is 4.42 Å². The van der Waals surface area contributed by atoms with Gasteiger partial charge in [-0.05, 0) is 6.92 Å². The van der Waals surface area contributed by atoms with Crippen molar-refractivity contribution in [1.29, 1.82) is 0 Å². The smallest absolute Gasteiger partial charge is 0.396 e. The fourth-order valence-electron chi connectivity index (χ4n) is 0.583. The maximum absolute atomic E-state index is 10.9. The summed E-state index contributed by atoms with van der Waals surface area (Å²) in [5.74, 6) is -0.486. The van der Waals surface area contributed by atoms with E-state index in [2.05, 4.69) is 14.9 Å². The van der Waals surface area contributed by atoms with Crippen molar-refractivity contribution in [3.8, 4) is 0 Å². The Bertz CT molecular complexity index is 274. The van der Waals surface area contributed by atoms with E-state index in [1.54, 1.807) is 6.92 Å². The Morgan fingerprint density at radius 3 is 2.92 bits per heavy atom. The van der Waals surface area contributed by atoms with Crippen LogP contribution in [0.2, 0.25) is 0 Å². The van der Waals surface area contributed by atoms with Crippen LogP contribution in [0.5, 0.6) is 0 Å². The average Bonchev–Trinajstić information content (AvgIpc) is 2.52. The minimum atomic E-state index is -0.624. The molecule has 0 amide bonds. The van der Waals surface area contributed by atoms with E-state index < -0.39 is 5.97 Å². The summed E-state index contributed by atoms with van der Waals surface area (Å²) in [6.45, 7) is 1.97.